The zero-order chi connectivity index (χ0) is 20.2. The van der Waals surface area contributed by atoms with E-state index in [1.807, 2.05) is 0 Å². The topological polar surface area (TPSA) is 80.7 Å². The summed E-state index contributed by atoms with van der Waals surface area (Å²) in [5.74, 6) is -2.81. The lowest BCUT2D eigenvalue weighted by Gasteiger charge is -2.01. The second-order valence-electron chi connectivity index (χ2n) is 6.45. The maximum absolute atomic E-state index is 11.4. The molecule has 0 heterocycles. The third-order valence-electron chi connectivity index (χ3n) is 3.91. The predicted octanol–water partition coefficient (Wildman–Crippen LogP) is 5.51. The van der Waals surface area contributed by atoms with Crippen LogP contribution < -0.4 is 0 Å². The number of rotatable bonds is 16. The van der Waals surface area contributed by atoms with Crippen molar-refractivity contribution in [1.82, 2.24) is 0 Å². The van der Waals surface area contributed by atoms with Gasteiger partial charge < -0.3 is 9.84 Å². The molecule has 0 rings (SSSR count). The third-order valence-corrected chi connectivity index (χ3v) is 3.91. The van der Waals surface area contributed by atoms with Gasteiger partial charge in [-0.25, -0.2) is 9.59 Å². The number of esters is 2. The quantitative estimate of drug-likeness (QED) is 0.126. The van der Waals surface area contributed by atoms with E-state index in [0.29, 0.717) is 12.5 Å². The number of ether oxygens (including phenoxy) is 1. The van der Waals surface area contributed by atoms with Crippen molar-refractivity contribution >= 4 is 17.9 Å². The molecule has 0 spiro atoms. The SMILES string of the molecule is CCCCC/C=C\C/C=C\CCCCCCCC(=O)OC(=O)/C=C\C(=O)O. The van der Waals surface area contributed by atoms with Crippen molar-refractivity contribution in [1.29, 1.82) is 0 Å². The summed E-state index contributed by atoms with van der Waals surface area (Å²) >= 11 is 0. The molecule has 0 bridgehead atoms. The molecular weight excluding hydrogens is 344 g/mol. The van der Waals surface area contributed by atoms with Crippen molar-refractivity contribution in [3.8, 4) is 0 Å². The van der Waals surface area contributed by atoms with Gasteiger partial charge >= 0.3 is 17.9 Å². The molecule has 0 aliphatic carbocycles. The van der Waals surface area contributed by atoms with E-state index in [4.69, 9.17) is 5.11 Å². The summed E-state index contributed by atoms with van der Waals surface area (Å²) in [5.41, 5.74) is 0. The molecule has 27 heavy (non-hydrogen) atoms. The number of aliphatic carboxylic acids is 1. The molecule has 0 aromatic heterocycles. The van der Waals surface area contributed by atoms with E-state index in [0.717, 1.165) is 44.6 Å². The number of carboxylic acid groups (broad SMARTS) is 1. The zero-order valence-electron chi connectivity index (χ0n) is 16.5. The fourth-order valence-electron chi connectivity index (χ4n) is 2.42. The summed E-state index contributed by atoms with van der Waals surface area (Å²) in [6.45, 7) is 2.22. The minimum atomic E-state index is -1.26. The summed E-state index contributed by atoms with van der Waals surface area (Å²) in [7, 11) is 0. The largest absolute Gasteiger partial charge is 0.478 e. The Hall–Kier alpha value is -2.17. The van der Waals surface area contributed by atoms with Crippen molar-refractivity contribution < 1.29 is 24.2 Å². The van der Waals surface area contributed by atoms with Crippen molar-refractivity contribution in [3.05, 3.63) is 36.5 Å². The van der Waals surface area contributed by atoms with Gasteiger partial charge in [0.1, 0.15) is 0 Å². The first-order valence-electron chi connectivity index (χ1n) is 10.0. The molecule has 0 atom stereocenters. The standard InChI is InChI=1S/C22H34O5/c1-2-3-4-5-6-7-8-9-10-11-12-13-14-15-16-17-21(25)27-22(26)19-18-20(23)24/h6-7,9-10,18-19H,2-5,8,11-17H2,1H3,(H,23,24)/b7-6-,10-9-,19-18-. The molecule has 152 valence electrons. The van der Waals surface area contributed by atoms with Crippen LogP contribution in [0.1, 0.15) is 84.0 Å². The predicted molar refractivity (Wildman–Crippen MR) is 107 cm³/mol. The van der Waals surface area contributed by atoms with Gasteiger partial charge in [-0.2, -0.15) is 0 Å². The summed E-state index contributed by atoms with van der Waals surface area (Å²) in [6, 6.07) is 0. The fourth-order valence-corrected chi connectivity index (χ4v) is 2.42. The van der Waals surface area contributed by atoms with E-state index in [9.17, 15) is 14.4 Å². The zero-order valence-corrected chi connectivity index (χ0v) is 16.5. The first-order valence-corrected chi connectivity index (χ1v) is 10.0. The number of carboxylic acids is 1. The van der Waals surface area contributed by atoms with Crippen LogP contribution in [0.4, 0.5) is 0 Å². The lowest BCUT2D eigenvalue weighted by Crippen LogP contribution is -2.10. The Bertz CT molecular complexity index is 503. The molecule has 0 unspecified atom stereocenters. The molecule has 0 aromatic carbocycles. The smallest absolute Gasteiger partial charge is 0.338 e. The Morgan fingerprint density at radius 3 is 2.00 bits per heavy atom. The van der Waals surface area contributed by atoms with Gasteiger partial charge in [-0.15, -0.1) is 0 Å². The Balaban J connectivity index is 3.46. The number of hydrogen-bond acceptors (Lipinski definition) is 4. The highest BCUT2D eigenvalue weighted by Gasteiger charge is 2.07. The second kappa shape index (κ2) is 18.6. The molecule has 0 aliphatic rings. The van der Waals surface area contributed by atoms with Crippen LogP contribution in [0.2, 0.25) is 0 Å². The number of unbranched alkanes of at least 4 members (excludes halogenated alkanes) is 8. The molecule has 0 radical (unpaired) electrons. The first kappa shape index (κ1) is 24.8. The highest BCUT2D eigenvalue weighted by Crippen LogP contribution is 2.08. The van der Waals surface area contributed by atoms with Gasteiger partial charge in [0.05, 0.1) is 0 Å². The van der Waals surface area contributed by atoms with Crippen LogP contribution in [0.5, 0.6) is 0 Å². The van der Waals surface area contributed by atoms with Crippen LogP contribution in [-0.4, -0.2) is 23.0 Å². The lowest BCUT2D eigenvalue weighted by molar-refractivity contribution is -0.156. The van der Waals surface area contributed by atoms with Gasteiger partial charge in [0.25, 0.3) is 0 Å². The van der Waals surface area contributed by atoms with Crippen LogP contribution in [-0.2, 0) is 19.1 Å². The molecule has 0 saturated heterocycles. The molecule has 0 fully saturated rings. The monoisotopic (exact) mass is 378 g/mol. The molecular formula is C22H34O5. The Morgan fingerprint density at radius 1 is 0.778 bits per heavy atom. The number of hydrogen-bond donors (Lipinski definition) is 1. The fraction of sp³-hybridized carbons (Fsp3) is 0.591. The van der Waals surface area contributed by atoms with Gasteiger partial charge in [-0.3, -0.25) is 4.79 Å². The molecule has 1 N–H and O–H groups in total. The molecule has 0 aromatic rings. The van der Waals surface area contributed by atoms with E-state index in [2.05, 4.69) is 36.0 Å². The number of carbonyl (C=O) groups excluding carboxylic acids is 2. The Labute approximate surface area is 163 Å². The number of carbonyl (C=O) groups is 3. The Morgan fingerprint density at radius 2 is 1.37 bits per heavy atom. The summed E-state index contributed by atoms with van der Waals surface area (Å²) < 4.78 is 4.48. The third kappa shape index (κ3) is 20.0. The van der Waals surface area contributed by atoms with E-state index in [1.54, 1.807) is 0 Å². The van der Waals surface area contributed by atoms with Gasteiger partial charge in [-0.1, -0.05) is 63.3 Å². The van der Waals surface area contributed by atoms with Gasteiger partial charge in [0.2, 0.25) is 0 Å². The highest BCUT2D eigenvalue weighted by atomic mass is 16.6. The molecule has 5 heteroatoms. The van der Waals surface area contributed by atoms with E-state index < -0.39 is 17.9 Å². The second-order valence-corrected chi connectivity index (χ2v) is 6.45. The minimum absolute atomic E-state index is 0.178. The first-order chi connectivity index (χ1) is 13.1. The van der Waals surface area contributed by atoms with Crippen molar-refractivity contribution in [2.45, 2.75) is 84.0 Å². The molecule has 5 nitrogen and oxygen atoms in total. The lowest BCUT2D eigenvalue weighted by atomic mass is 10.1. The summed E-state index contributed by atoms with van der Waals surface area (Å²) in [4.78, 5) is 32.7. The van der Waals surface area contributed by atoms with E-state index >= 15 is 0 Å². The van der Waals surface area contributed by atoms with E-state index in [-0.39, 0.29) is 6.42 Å². The summed E-state index contributed by atoms with van der Waals surface area (Å²) in [6.07, 6.45) is 22.5. The molecule has 0 amide bonds. The molecule has 0 saturated carbocycles. The Kier molecular flexibility index (Phi) is 17.1. The van der Waals surface area contributed by atoms with Gasteiger partial charge in [-0.05, 0) is 38.5 Å². The van der Waals surface area contributed by atoms with Crippen LogP contribution >= 0.6 is 0 Å². The van der Waals surface area contributed by atoms with Crippen molar-refractivity contribution in [2.75, 3.05) is 0 Å². The normalized spacial score (nSPS) is 11.6. The van der Waals surface area contributed by atoms with Crippen LogP contribution in [0.15, 0.2) is 36.5 Å². The van der Waals surface area contributed by atoms with Crippen LogP contribution in [0.25, 0.3) is 0 Å². The van der Waals surface area contributed by atoms with Crippen LogP contribution in [0, 0.1) is 0 Å². The highest BCUT2D eigenvalue weighted by molar-refractivity contribution is 5.95. The maximum atomic E-state index is 11.4. The molecule has 0 aliphatic heterocycles. The van der Waals surface area contributed by atoms with Gasteiger partial charge in [0.15, 0.2) is 0 Å². The average Bonchev–Trinajstić information content (AvgIpc) is 2.63. The van der Waals surface area contributed by atoms with Gasteiger partial charge in [0, 0.05) is 18.6 Å². The van der Waals surface area contributed by atoms with E-state index in [1.165, 1.54) is 25.7 Å². The van der Waals surface area contributed by atoms with Crippen molar-refractivity contribution in [3.63, 3.8) is 0 Å². The summed E-state index contributed by atoms with van der Waals surface area (Å²) in [5, 5.41) is 8.36. The maximum Gasteiger partial charge on any atom is 0.338 e. The van der Waals surface area contributed by atoms with Crippen LogP contribution in [0.3, 0.4) is 0 Å². The van der Waals surface area contributed by atoms with Crippen molar-refractivity contribution in [2.24, 2.45) is 0 Å². The minimum Gasteiger partial charge on any atom is -0.478 e. The number of allylic oxidation sites excluding steroid dienone is 4. The average molecular weight is 379 g/mol.